The molecule has 0 aromatic heterocycles. The second-order valence-electron chi connectivity index (χ2n) is 6.39. The summed E-state index contributed by atoms with van der Waals surface area (Å²) in [6.07, 6.45) is -2.37. The highest BCUT2D eigenvalue weighted by Crippen LogP contribution is 2.34. The molecular formula is C20H22O5. The Morgan fingerprint density at radius 3 is 2.00 bits per heavy atom. The molecule has 2 aromatic rings. The van der Waals surface area contributed by atoms with E-state index in [1.54, 1.807) is 0 Å². The van der Waals surface area contributed by atoms with Crippen LogP contribution in [-0.2, 0) is 32.2 Å². The molecule has 4 rings (SSSR count). The zero-order valence-electron chi connectivity index (χ0n) is 13.9. The Morgan fingerprint density at radius 1 is 0.840 bits per heavy atom. The maximum Gasteiger partial charge on any atom is 0.187 e. The largest absolute Gasteiger partial charge is 0.388 e. The number of benzene rings is 2. The predicted molar refractivity (Wildman–Crippen MR) is 90.7 cm³/mol. The fourth-order valence-corrected chi connectivity index (χ4v) is 3.28. The van der Waals surface area contributed by atoms with Crippen LogP contribution in [0, 0.1) is 0 Å². The van der Waals surface area contributed by atoms with Gasteiger partial charge in [-0.15, -0.1) is 0 Å². The van der Waals surface area contributed by atoms with Crippen molar-refractivity contribution >= 4 is 0 Å². The summed E-state index contributed by atoms with van der Waals surface area (Å²) in [7, 11) is 0. The number of hydrogen-bond donors (Lipinski definition) is 1. The summed E-state index contributed by atoms with van der Waals surface area (Å²) in [6.45, 7) is 1.13. The minimum Gasteiger partial charge on any atom is -0.388 e. The van der Waals surface area contributed by atoms with Crippen molar-refractivity contribution in [1.82, 2.24) is 0 Å². The van der Waals surface area contributed by atoms with Gasteiger partial charge in [0.2, 0.25) is 0 Å². The molecule has 0 amide bonds. The molecule has 0 saturated carbocycles. The highest BCUT2D eigenvalue weighted by molar-refractivity contribution is 5.14. The normalized spacial score (nSPS) is 31.2. The molecule has 2 aliphatic rings. The van der Waals surface area contributed by atoms with Crippen molar-refractivity contribution in [3.63, 3.8) is 0 Å². The van der Waals surface area contributed by atoms with Gasteiger partial charge in [-0.3, -0.25) is 0 Å². The number of hydrogen-bond acceptors (Lipinski definition) is 5. The lowest BCUT2D eigenvalue weighted by Crippen LogP contribution is -2.42. The molecule has 0 spiro atoms. The van der Waals surface area contributed by atoms with Crippen molar-refractivity contribution in [3.05, 3.63) is 71.8 Å². The average Bonchev–Trinajstić information content (AvgIpc) is 2.96. The van der Waals surface area contributed by atoms with E-state index >= 15 is 0 Å². The number of fused-ring (bicyclic) bond motifs is 2. The summed E-state index contributed by atoms with van der Waals surface area (Å²) >= 11 is 0. The highest BCUT2D eigenvalue weighted by Gasteiger charge is 2.53. The smallest absolute Gasteiger partial charge is 0.187 e. The fourth-order valence-electron chi connectivity index (χ4n) is 3.28. The van der Waals surface area contributed by atoms with Crippen LogP contribution in [0.15, 0.2) is 60.7 Å². The van der Waals surface area contributed by atoms with Crippen molar-refractivity contribution in [3.8, 4) is 0 Å². The Labute approximate surface area is 147 Å². The third-order valence-corrected chi connectivity index (χ3v) is 4.59. The topological polar surface area (TPSA) is 57.2 Å². The van der Waals surface area contributed by atoms with Crippen LogP contribution in [0.3, 0.4) is 0 Å². The van der Waals surface area contributed by atoms with Gasteiger partial charge in [-0.2, -0.15) is 0 Å². The van der Waals surface area contributed by atoms with Crippen LogP contribution in [0.5, 0.6) is 0 Å². The van der Waals surface area contributed by atoms with E-state index in [1.165, 1.54) is 0 Å². The van der Waals surface area contributed by atoms with Gasteiger partial charge in [0.25, 0.3) is 0 Å². The minimum atomic E-state index is -0.706. The Morgan fingerprint density at radius 2 is 1.40 bits per heavy atom. The van der Waals surface area contributed by atoms with Crippen molar-refractivity contribution in [2.75, 3.05) is 6.61 Å². The zero-order chi connectivity index (χ0) is 17.1. The molecule has 1 N–H and O–H groups in total. The molecule has 0 radical (unpaired) electrons. The summed E-state index contributed by atoms with van der Waals surface area (Å²) in [5.74, 6) is 0. The Balaban J connectivity index is 1.44. The van der Waals surface area contributed by atoms with E-state index in [0.717, 1.165) is 11.1 Å². The second kappa shape index (κ2) is 7.64. The lowest BCUT2D eigenvalue weighted by atomic mass is 10.1. The van der Waals surface area contributed by atoms with E-state index in [1.807, 2.05) is 60.7 Å². The quantitative estimate of drug-likeness (QED) is 0.873. The van der Waals surface area contributed by atoms with Gasteiger partial charge in [-0.1, -0.05) is 60.7 Å². The molecule has 2 bridgehead atoms. The van der Waals surface area contributed by atoms with Crippen LogP contribution >= 0.6 is 0 Å². The molecule has 25 heavy (non-hydrogen) atoms. The Bertz CT molecular complexity index is 662. The van der Waals surface area contributed by atoms with Gasteiger partial charge in [-0.25, -0.2) is 0 Å². The van der Waals surface area contributed by atoms with Crippen molar-refractivity contribution < 1.29 is 24.1 Å². The standard InChI is InChI=1S/C20H22O5/c21-16-13-24-20-19(23-12-15-9-5-2-6-10-15)18(17(16)25-20)22-11-14-7-3-1-4-8-14/h1-10,16-21H,11-13H2/t16-,17+,18+,19-,20+/m1/s1. The lowest BCUT2D eigenvalue weighted by Gasteiger charge is -2.26. The summed E-state index contributed by atoms with van der Waals surface area (Å²) in [4.78, 5) is 0. The van der Waals surface area contributed by atoms with Gasteiger partial charge >= 0.3 is 0 Å². The number of aliphatic hydroxyl groups is 1. The van der Waals surface area contributed by atoms with E-state index in [9.17, 15) is 5.11 Å². The SMILES string of the molecule is O[C@@H]1CO[C@H]2O[C@@H]1[C@H](OCc1ccccc1)[C@H]2OCc1ccccc1. The molecule has 132 valence electrons. The first-order valence-corrected chi connectivity index (χ1v) is 8.57. The first-order chi connectivity index (χ1) is 12.3. The van der Waals surface area contributed by atoms with Gasteiger partial charge in [0, 0.05) is 0 Å². The molecule has 2 heterocycles. The molecule has 2 aliphatic heterocycles. The van der Waals surface area contributed by atoms with Crippen molar-refractivity contribution in [2.45, 2.75) is 43.9 Å². The van der Waals surface area contributed by atoms with Crippen LogP contribution in [-0.4, -0.2) is 42.4 Å². The van der Waals surface area contributed by atoms with E-state index in [-0.39, 0.29) is 18.8 Å². The summed E-state index contributed by atoms with van der Waals surface area (Å²) < 4.78 is 23.5. The van der Waals surface area contributed by atoms with Crippen LogP contribution in [0.4, 0.5) is 0 Å². The van der Waals surface area contributed by atoms with E-state index in [4.69, 9.17) is 18.9 Å². The van der Waals surface area contributed by atoms with Gasteiger partial charge in [0.15, 0.2) is 6.29 Å². The number of rotatable bonds is 6. The van der Waals surface area contributed by atoms with Gasteiger partial charge in [0.05, 0.1) is 19.8 Å². The molecule has 2 saturated heterocycles. The third-order valence-electron chi connectivity index (χ3n) is 4.59. The predicted octanol–water partition coefficient (Wildman–Crippen LogP) is 2.27. The van der Waals surface area contributed by atoms with Crippen LogP contribution in [0.25, 0.3) is 0 Å². The average molecular weight is 342 g/mol. The van der Waals surface area contributed by atoms with Gasteiger partial charge in [-0.05, 0) is 11.1 Å². The van der Waals surface area contributed by atoms with Crippen LogP contribution in [0.1, 0.15) is 11.1 Å². The minimum absolute atomic E-state index is 0.242. The molecule has 2 aromatic carbocycles. The Kier molecular flexibility index (Phi) is 5.10. The molecule has 0 aliphatic carbocycles. The maximum absolute atomic E-state index is 10.2. The molecule has 2 fully saturated rings. The number of aliphatic hydroxyl groups excluding tert-OH is 1. The molecular weight excluding hydrogens is 320 g/mol. The maximum atomic E-state index is 10.2. The van der Waals surface area contributed by atoms with E-state index in [2.05, 4.69) is 0 Å². The Hall–Kier alpha value is -1.76. The van der Waals surface area contributed by atoms with Crippen LogP contribution < -0.4 is 0 Å². The summed E-state index contributed by atoms with van der Waals surface area (Å²) in [5.41, 5.74) is 2.15. The van der Waals surface area contributed by atoms with E-state index < -0.39 is 18.5 Å². The molecule has 0 unspecified atom stereocenters. The third kappa shape index (κ3) is 3.76. The summed E-state index contributed by atoms with van der Waals surface area (Å²) in [5, 5.41) is 10.2. The second-order valence-corrected chi connectivity index (χ2v) is 6.39. The van der Waals surface area contributed by atoms with Crippen molar-refractivity contribution in [1.29, 1.82) is 0 Å². The van der Waals surface area contributed by atoms with E-state index in [0.29, 0.717) is 13.2 Å². The van der Waals surface area contributed by atoms with Crippen molar-refractivity contribution in [2.24, 2.45) is 0 Å². The van der Waals surface area contributed by atoms with Gasteiger partial charge < -0.3 is 24.1 Å². The molecule has 5 atom stereocenters. The highest BCUT2D eigenvalue weighted by atomic mass is 16.7. The monoisotopic (exact) mass is 342 g/mol. The molecule has 5 heteroatoms. The first-order valence-electron chi connectivity index (χ1n) is 8.57. The number of ether oxygens (including phenoxy) is 4. The van der Waals surface area contributed by atoms with Gasteiger partial charge in [0.1, 0.15) is 24.4 Å². The van der Waals surface area contributed by atoms with Crippen LogP contribution in [0.2, 0.25) is 0 Å². The summed E-state index contributed by atoms with van der Waals surface area (Å²) in [6, 6.07) is 19.9. The molecule has 5 nitrogen and oxygen atoms in total. The first kappa shape index (κ1) is 16.7. The lowest BCUT2D eigenvalue weighted by molar-refractivity contribution is -0.238. The fraction of sp³-hybridized carbons (Fsp3) is 0.400. The zero-order valence-corrected chi connectivity index (χ0v) is 13.9.